The van der Waals surface area contributed by atoms with E-state index in [1.165, 1.54) is 56.9 Å². The quantitative estimate of drug-likeness (QED) is 0.611. The van der Waals surface area contributed by atoms with E-state index >= 15 is 0 Å². The highest BCUT2D eigenvalue weighted by molar-refractivity contribution is 5.60. The second kappa shape index (κ2) is 10.6. The SMILES string of the molecule is NC1CCOCC1.c1cc(-c2ccn3ncc(C4CCC4)c3n2)nc(NC2CCCCC2)n1. The van der Waals surface area contributed by atoms with Gasteiger partial charge in [-0.2, -0.15) is 5.10 Å². The van der Waals surface area contributed by atoms with E-state index in [1.54, 1.807) is 0 Å². The maximum atomic E-state index is 5.55. The van der Waals surface area contributed by atoms with Gasteiger partial charge in [-0.15, -0.1) is 0 Å². The van der Waals surface area contributed by atoms with E-state index in [-0.39, 0.29) is 0 Å². The first-order valence-corrected chi connectivity index (χ1v) is 12.5. The summed E-state index contributed by atoms with van der Waals surface area (Å²) in [6.45, 7) is 1.72. The summed E-state index contributed by atoms with van der Waals surface area (Å²) in [7, 11) is 0. The van der Waals surface area contributed by atoms with Crippen LogP contribution in [-0.4, -0.2) is 49.9 Å². The second-order valence-electron chi connectivity index (χ2n) is 9.50. The largest absolute Gasteiger partial charge is 0.381 e. The Hall–Kier alpha value is -2.58. The summed E-state index contributed by atoms with van der Waals surface area (Å²) in [5.74, 6) is 1.33. The van der Waals surface area contributed by atoms with Crippen molar-refractivity contribution in [3.8, 4) is 11.4 Å². The van der Waals surface area contributed by atoms with E-state index in [1.807, 2.05) is 35.2 Å². The normalized spacial score (nSPS) is 20.2. The van der Waals surface area contributed by atoms with Crippen LogP contribution in [0.25, 0.3) is 17.0 Å². The lowest BCUT2D eigenvalue weighted by Gasteiger charge is -2.24. The Kier molecular flexibility index (Phi) is 7.12. The van der Waals surface area contributed by atoms with E-state index in [0.29, 0.717) is 23.9 Å². The van der Waals surface area contributed by atoms with Crippen LogP contribution in [0, 0.1) is 0 Å². The number of anilines is 1. The van der Waals surface area contributed by atoms with Gasteiger partial charge in [-0.25, -0.2) is 19.5 Å². The Bertz CT molecular complexity index is 1040. The summed E-state index contributed by atoms with van der Waals surface area (Å²) in [5, 5.41) is 7.96. The minimum absolute atomic E-state index is 0.411. The summed E-state index contributed by atoms with van der Waals surface area (Å²) in [5.41, 5.74) is 9.54. The molecule has 2 saturated carbocycles. The molecule has 2 aliphatic carbocycles. The molecule has 3 aromatic heterocycles. The molecule has 3 N–H and O–H groups in total. The first-order valence-electron chi connectivity index (χ1n) is 12.5. The molecule has 0 unspecified atom stereocenters. The molecule has 8 heteroatoms. The summed E-state index contributed by atoms with van der Waals surface area (Å²) in [4.78, 5) is 14.0. The van der Waals surface area contributed by atoms with Crippen LogP contribution in [0.1, 0.15) is 75.7 Å². The highest BCUT2D eigenvalue weighted by atomic mass is 16.5. The molecule has 8 nitrogen and oxygen atoms in total. The molecule has 176 valence electrons. The number of nitrogens with one attached hydrogen (secondary N) is 1. The zero-order valence-electron chi connectivity index (χ0n) is 19.3. The molecule has 6 rings (SSSR count). The lowest BCUT2D eigenvalue weighted by atomic mass is 9.81. The van der Waals surface area contributed by atoms with Gasteiger partial charge in [0.15, 0.2) is 5.65 Å². The van der Waals surface area contributed by atoms with Crippen LogP contribution in [-0.2, 0) is 4.74 Å². The Morgan fingerprint density at radius 2 is 1.70 bits per heavy atom. The van der Waals surface area contributed by atoms with Gasteiger partial charge in [0, 0.05) is 43.3 Å². The van der Waals surface area contributed by atoms with Crippen LogP contribution in [0.3, 0.4) is 0 Å². The molecule has 0 radical (unpaired) electrons. The number of fused-ring (bicyclic) bond motifs is 1. The smallest absolute Gasteiger partial charge is 0.223 e. The fourth-order valence-corrected chi connectivity index (χ4v) is 4.75. The summed E-state index contributed by atoms with van der Waals surface area (Å²) in [6, 6.07) is 4.82. The number of hydrogen-bond donors (Lipinski definition) is 2. The Morgan fingerprint density at radius 1 is 0.909 bits per heavy atom. The van der Waals surface area contributed by atoms with E-state index in [0.717, 1.165) is 43.1 Å². The first kappa shape index (κ1) is 22.2. The van der Waals surface area contributed by atoms with Gasteiger partial charge in [0.25, 0.3) is 0 Å². The second-order valence-corrected chi connectivity index (χ2v) is 9.50. The number of ether oxygens (including phenoxy) is 1. The highest BCUT2D eigenvalue weighted by Crippen LogP contribution is 2.38. The van der Waals surface area contributed by atoms with Crippen molar-refractivity contribution in [3.05, 3.63) is 36.3 Å². The topological polar surface area (TPSA) is 103 Å². The molecule has 3 fully saturated rings. The number of nitrogens with two attached hydrogens (primary N) is 1. The van der Waals surface area contributed by atoms with Crippen molar-refractivity contribution in [3.63, 3.8) is 0 Å². The molecule has 0 atom stereocenters. The van der Waals surface area contributed by atoms with Crippen molar-refractivity contribution in [2.45, 2.75) is 82.2 Å². The monoisotopic (exact) mass is 449 g/mol. The first-order chi connectivity index (χ1) is 16.3. The molecule has 33 heavy (non-hydrogen) atoms. The summed E-state index contributed by atoms with van der Waals surface area (Å²) in [6.07, 6.45) is 18.0. The van der Waals surface area contributed by atoms with E-state index in [9.17, 15) is 0 Å². The molecule has 1 aliphatic heterocycles. The van der Waals surface area contributed by atoms with Crippen LogP contribution < -0.4 is 11.1 Å². The molecule has 0 spiro atoms. The third-order valence-corrected chi connectivity index (χ3v) is 7.06. The lowest BCUT2D eigenvalue weighted by molar-refractivity contribution is 0.0866. The predicted molar refractivity (Wildman–Crippen MR) is 129 cm³/mol. The fourth-order valence-electron chi connectivity index (χ4n) is 4.75. The molecule has 0 aromatic carbocycles. The number of hydrogen-bond acceptors (Lipinski definition) is 7. The van der Waals surface area contributed by atoms with Crippen LogP contribution in [0.5, 0.6) is 0 Å². The third-order valence-electron chi connectivity index (χ3n) is 7.06. The van der Waals surface area contributed by atoms with E-state index < -0.39 is 0 Å². The number of aromatic nitrogens is 5. The standard InChI is InChI=1S/C20H24N6.C5H11NO/c1-2-7-15(8-3-1)23-20-21-11-9-17(25-20)18-10-12-26-19(24-18)16(13-22-26)14-5-4-6-14;6-5-1-3-7-4-2-5/h9-15H,1-8H2,(H,21,23,25);5H,1-4,6H2. The van der Waals surface area contributed by atoms with Gasteiger partial charge in [0.2, 0.25) is 5.95 Å². The highest BCUT2D eigenvalue weighted by Gasteiger charge is 2.24. The molecule has 3 aliphatic rings. The molecule has 1 saturated heterocycles. The van der Waals surface area contributed by atoms with Crippen LogP contribution in [0.2, 0.25) is 0 Å². The van der Waals surface area contributed by atoms with Crippen LogP contribution >= 0.6 is 0 Å². The lowest BCUT2D eigenvalue weighted by Crippen LogP contribution is -2.28. The zero-order chi connectivity index (χ0) is 22.5. The Balaban J connectivity index is 0.000000281. The zero-order valence-corrected chi connectivity index (χ0v) is 19.3. The Morgan fingerprint density at radius 3 is 2.39 bits per heavy atom. The van der Waals surface area contributed by atoms with Gasteiger partial charge >= 0.3 is 0 Å². The van der Waals surface area contributed by atoms with Gasteiger partial charge in [-0.1, -0.05) is 25.7 Å². The maximum absolute atomic E-state index is 5.55. The number of rotatable bonds is 4. The average molecular weight is 450 g/mol. The average Bonchev–Trinajstić information content (AvgIpc) is 3.23. The molecular formula is C25H35N7O. The van der Waals surface area contributed by atoms with Crippen LogP contribution in [0.4, 0.5) is 5.95 Å². The van der Waals surface area contributed by atoms with Crippen LogP contribution in [0.15, 0.2) is 30.7 Å². The molecule has 0 amide bonds. The maximum Gasteiger partial charge on any atom is 0.223 e. The third kappa shape index (κ3) is 5.50. The van der Waals surface area contributed by atoms with Gasteiger partial charge in [0.1, 0.15) is 0 Å². The minimum atomic E-state index is 0.411. The van der Waals surface area contributed by atoms with Crippen molar-refractivity contribution < 1.29 is 4.74 Å². The van der Waals surface area contributed by atoms with Gasteiger partial charge < -0.3 is 15.8 Å². The van der Waals surface area contributed by atoms with Gasteiger partial charge in [0.05, 0.1) is 17.6 Å². The Labute approximate surface area is 195 Å². The van der Waals surface area contributed by atoms with Crippen molar-refractivity contribution in [2.24, 2.45) is 5.73 Å². The van der Waals surface area contributed by atoms with E-state index in [2.05, 4.69) is 15.4 Å². The van der Waals surface area contributed by atoms with Crippen molar-refractivity contribution in [2.75, 3.05) is 18.5 Å². The van der Waals surface area contributed by atoms with Crippen molar-refractivity contribution >= 4 is 11.6 Å². The molecule has 3 aromatic rings. The predicted octanol–water partition coefficient (Wildman–Crippen LogP) is 4.32. The molecule has 0 bridgehead atoms. The molecule has 4 heterocycles. The molecular weight excluding hydrogens is 414 g/mol. The fraction of sp³-hybridized carbons (Fsp3) is 0.600. The van der Waals surface area contributed by atoms with Crippen molar-refractivity contribution in [1.29, 1.82) is 0 Å². The van der Waals surface area contributed by atoms with Gasteiger partial charge in [-0.3, -0.25) is 0 Å². The minimum Gasteiger partial charge on any atom is -0.381 e. The summed E-state index contributed by atoms with van der Waals surface area (Å²) >= 11 is 0. The van der Waals surface area contributed by atoms with Crippen molar-refractivity contribution in [1.82, 2.24) is 24.6 Å². The van der Waals surface area contributed by atoms with Gasteiger partial charge in [-0.05, 0) is 56.6 Å². The number of nitrogens with zero attached hydrogens (tertiary/aromatic N) is 5. The summed E-state index contributed by atoms with van der Waals surface area (Å²) < 4.78 is 6.93. The van der Waals surface area contributed by atoms with E-state index in [4.69, 9.17) is 20.4 Å².